The normalized spacial score (nSPS) is 11.4. The van der Waals surface area contributed by atoms with Crippen molar-refractivity contribution < 1.29 is 14.6 Å². The molecule has 0 atom stereocenters. The highest BCUT2D eigenvalue weighted by molar-refractivity contribution is 9.10. The maximum atomic E-state index is 12.5. The fraction of sp³-hybridized carbons (Fsp3) is 0.217. The van der Waals surface area contributed by atoms with E-state index in [-0.39, 0.29) is 11.5 Å². The lowest BCUT2D eigenvalue weighted by molar-refractivity contribution is 0.201. The molecule has 0 aliphatic carbocycles. The van der Waals surface area contributed by atoms with Crippen LogP contribution in [0.15, 0.2) is 51.0 Å². The molecule has 0 fully saturated rings. The van der Waals surface area contributed by atoms with Crippen molar-refractivity contribution in [2.45, 2.75) is 13.8 Å². The molecule has 0 unspecified atom stereocenters. The van der Waals surface area contributed by atoms with Crippen LogP contribution < -0.4 is 15.2 Å². The second-order valence-electron chi connectivity index (χ2n) is 7.64. The molecule has 0 bridgehead atoms. The zero-order valence-electron chi connectivity index (χ0n) is 17.2. The van der Waals surface area contributed by atoms with Crippen molar-refractivity contribution in [1.29, 1.82) is 0 Å². The van der Waals surface area contributed by atoms with Crippen molar-refractivity contribution >= 4 is 60.0 Å². The number of methoxy groups -OCH3 is 1. The number of hydrogen-bond acceptors (Lipinski definition) is 4. The van der Waals surface area contributed by atoms with E-state index in [9.17, 15) is 14.7 Å². The molecule has 8 heteroatoms. The summed E-state index contributed by atoms with van der Waals surface area (Å²) < 4.78 is 7.08. The number of carbonyl (C=O) groups is 1. The Morgan fingerprint density at radius 2 is 1.97 bits per heavy atom. The highest BCUT2D eigenvalue weighted by Gasteiger charge is 2.20. The van der Waals surface area contributed by atoms with Gasteiger partial charge >= 0.3 is 6.09 Å². The predicted molar refractivity (Wildman–Crippen MR) is 130 cm³/mol. The van der Waals surface area contributed by atoms with E-state index in [1.165, 1.54) is 16.2 Å². The van der Waals surface area contributed by atoms with Crippen LogP contribution in [0, 0.1) is 5.92 Å². The van der Waals surface area contributed by atoms with Crippen LogP contribution in [0.5, 0.6) is 5.75 Å². The zero-order valence-corrected chi connectivity index (χ0v) is 19.6. The van der Waals surface area contributed by atoms with Crippen LogP contribution in [0.2, 0.25) is 0 Å². The Bertz CT molecular complexity index is 1340. The summed E-state index contributed by atoms with van der Waals surface area (Å²) >= 11 is 4.95. The largest absolute Gasteiger partial charge is 0.496 e. The van der Waals surface area contributed by atoms with Crippen LogP contribution in [0.3, 0.4) is 0 Å². The Morgan fingerprint density at radius 1 is 1.26 bits per heavy atom. The molecule has 0 aliphatic rings. The van der Waals surface area contributed by atoms with Gasteiger partial charge < -0.3 is 14.8 Å². The molecule has 2 aromatic carbocycles. The van der Waals surface area contributed by atoms with Crippen LogP contribution >= 0.6 is 27.3 Å². The number of nitrogens with zero attached hydrogens (tertiary/aromatic N) is 1. The molecule has 6 nitrogen and oxygen atoms in total. The number of carboxylic acid groups (broad SMARTS) is 1. The lowest BCUT2D eigenvalue weighted by Crippen LogP contribution is -2.32. The third-order valence-corrected chi connectivity index (χ3v) is 6.63. The minimum atomic E-state index is -0.981. The van der Waals surface area contributed by atoms with E-state index < -0.39 is 6.09 Å². The SMILES string of the molecule is COc1cc(Br)c2[nH]c(=O)c3sccc3c2c1-c1ccc(N(CC(C)C)C(=O)O)cc1. The first-order valence-electron chi connectivity index (χ1n) is 9.72. The molecule has 0 saturated heterocycles. The second kappa shape index (κ2) is 8.36. The van der Waals surface area contributed by atoms with Crippen molar-refractivity contribution in [3.8, 4) is 16.9 Å². The molecule has 2 N–H and O–H groups in total. The van der Waals surface area contributed by atoms with Crippen LogP contribution in [-0.2, 0) is 0 Å². The molecule has 0 spiro atoms. The van der Waals surface area contributed by atoms with E-state index in [4.69, 9.17) is 4.74 Å². The van der Waals surface area contributed by atoms with E-state index in [0.717, 1.165) is 26.4 Å². The van der Waals surface area contributed by atoms with Gasteiger partial charge in [-0.2, -0.15) is 0 Å². The summed E-state index contributed by atoms with van der Waals surface area (Å²) in [5, 5.41) is 13.2. The summed E-state index contributed by atoms with van der Waals surface area (Å²) in [5.41, 5.74) is 2.89. The average Bonchev–Trinajstić information content (AvgIpc) is 3.23. The molecule has 0 radical (unpaired) electrons. The van der Waals surface area contributed by atoms with Gasteiger partial charge in [0.1, 0.15) is 10.4 Å². The van der Waals surface area contributed by atoms with Crippen LogP contribution in [0.4, 0.5) is 10.5 Å². The number of ether oxygens (including phenoxy) is 1. The minimum absolute atomic E-state index is 0.129. The molecule has 2 aromatic heterocycles. The van der Waals surface area contributed by atoms with Gasteiger partial charge in [0, 0.05) is 33.0 Å². The van der Waals surface area contributed by atoms with Crippen molar-refractivity contribution in [2.24, 2.45) is 5.92 Å². The molecule has 4 aromatic rings. The van der Waals surface area contributed by atoms with Gasteiger partial charge in [-0.05, 0) is 57.1 Å². The van der Waals surface area contributed by atoms with E-state index in [1.807, 2.05) is 43.5 Å². The topological polar surface area (TPSA) is 82.6 Å². The number of aromatic nitrogens is 1. The monoisotopic (exact) mass is 500 g/mol. The number of pyridine rings is 1. The zero-order chi connectivity index (χ0) is 22.3. The fourth-order valence-corrected chi connectivity index (χ4v) is 5.09. The Balaban J connectivity index is 1.96. The van der Waals surface area contributed by atoms with Gasteiger partial charge in [0.25, 0.3) is 5.56 Å². The summed E-state index contributed by atoms with van der Waals surface area (Å²) in [7, 11) is 1.61. The number of rotatable bonds is 5. The van der Waals surface area contributed by atoms with E-state index >= 15 is 0 Å². The van der Waals surface area contributed by atoms with Gasteiger partial charge in [-0.3, -0.25) is 9.69 Å². The van der Waals surface area contributed by atoms with E-state index in [0.29, 0.717) is 28.2 Å². The predicted octanol–water partition coefficient (Wildman–Crippen LogP) is 6.32. The first kappa shape index (κ1) is 21.4. The Labute approximate surface area is 191 Å². The third-order valence-electron chi connectivity index (χ3n) is 5.09. The first-order valence-corrected chi connectivity index (χ1v) is 11.4. The summed E-state index contributed by atoms with van der Waals surface area (Å²) in [6, 6.07) is 11.2. The molecular weight excluding hydrogens is 480 g/mol. The fourth-order valence-electron chi connectivity index (χ4n) is 3.79. The van der Waals surface area contributed by atoms with Gasteiger partial charge in [0.05, 0.1) is 12.6 Å². The number of fused-ring (bicyclic) bond motifs is 3. The van der Waals surface area contributed by atoms with Gasteiger partial charge in [-0.15, -0.1) is 11.3 Å². The molecule has 1 amide bonds. The Hall–Kier alpha value is -2.84. The summed E-state index contributed by atoms with van der Waals surface area (Å²) in [4.78, 5) is 28.6. The highest BCUT2D eigenvalue weighted by Crippen LogP contribution is 2.43. The quantitative estimate of drug-likeness (QED) is 0.335. The van der Waals surface area contributed by atoms with E-state index in [1.54, 1.807) is 19.2 Å². The van der Waals surface area contributed by atoms with Gasteiger partial charge in [-0.25, -0.2) is 4.79 Å². The van der Waals surface area contributed by atoms with Crippen molar-refractivity contribution in [3.05, 3.63) is 56.6 Å². The van der Waals surface area contributed by atoms with Crippen molar-refractivity contribution in [1.82, 2.24) is 4.98 Å². The van der Waals surface area contributed by atoms with Crippen LogP contribution in [0.1, 0.15) is 13.8 Å². The summed E-state index contributed by atoms with van der Waals surface area (Å²) in [6.07, 6.45) is -0.981. The van der Waals surface area contributed by atoms with Crippen LogP contribution in [-0.4, -0.2) is 29.8 Å². The van der Waals surface area contributed by atoms with Crippen molar-refractivity contribution in [2.75, 3.05) is 18.6 Å². The molecular formula is C23H21BrN2O4S. The van der Waals surface area contributed by atoms with Crippen molar-refractivity contribution in [3.63, 3.8) is 0 Å². The summed E-state index contributed by atoms with van der Waals surface area (Å²) in [5.74, 6) is 0.860. The Morgan fingerprint density at radius 3 is 2.58 bits per heavy atom. The molecule has 0 aliphatic heterocycles. The molecule has 160 valence electrons. The van der Waals surface area contributed by atoms with Gasteiger partial charge in [0.2, 0.25) is 0 Å². The minimum Gasteiger partial charge on any atom is -0.496 e. The average molecular weight is 501 g/mol. The number of nitrogens with one attached hydrogen (secondary N) is 1. The molecule has 2 heterocycles. The number of hydrogen-bond donors (Lipinski definition) is 2. The maximum Gasteiger partial charge on any atom is 0.411 e. The highest BCUT2D eigenvalue weighted by atomic mass is 79.9. The molecule has 0 saturated carbocycles. The molecule has 31 heavy (non-hydrogen) atoms. The number of halogens is 1. The molecule has 4 rings (SSSR count). The number of H-pyrrole nitrogens is 1. The number of amides is 1. The number of anilines is 1. The number of thiophene rings is 1. The van der Waals surface area contributed by atoms with Gasteiger partial charge in [-0.1, -0.05) is 26.0 Å². The third kappa shape index (κ3) is 3.81. The van der Waals surface area contributed by atoms with Gasteiger partial charge in [0.15, 0.2) is 0 Å². The maximum absolute atomic E-state index is 12.5. The number of benzene rings is 2. The van der Waals surface area contributed by atoms with E-state index in [2.05, 4.69) is 20.9 Å². The number of aromatic amines is 1. The Kier molecular flexibility index (Phi) is 5.77. The summed E-state index contributed by atoms with van der Waals surface area (Å²) in [6.45, 7) is 4.38. The standard InChI is InChI=1S/C23H21BrN2O4S/c1-12(2)11-26(23(28)29)14-6-4-13(5-7-14)18-17(30-3)10-16(24)20-19(18)15-8-9-31-21(15)22(27)25-20/h4-10,12H,11H2,1-3H3,(H,25,27)(H,28,29). The smallest absolute Gasteiger partial charge is 0.411 e. The first-order chi connectivity index (χ1) is 14.8. The van der Waals surface area contributed by atoms with Crippen LogP contribution in [0.25, 0.3) is 32.1 Å². The second-order valence-corrected chi connectivity index (χ2v) is 9.41. The lowest BCUT2D eigenvalue weighted by atomic mass is 9.97. The lowest BCUT2D eigenvalue weighted by Gasteiger charge is -2.22.